The molecule has 200 valence electrons. The minimum absolute atomic E-state index is 0.142. The summed E-state index contributed by atoms with van der Waals surface area (Å²) in [6, 6.07) is 4.27. The second-order valence-corrected chi connectivity index (χ2v) is 10.3. The predicted octanol–water partition coefficient (Wildman–Crippen LogP) is 4.29. The largest absolute Gasteiger partial charge is 0.416 e. The number of aryl methyl sites for hydroxylation is 3. The number of piperazine rings is 1. The monoisotopic (exact) mass is 524 g/mol. The average Bonchev–Trinajstić information content (AvgIpc) is 3.10. The fourth-order valence-electron chi connectivity index (χ4n) is 5.78. The molecular formula is C25H29F5N6O. The van der Waals surface area contributed by atoms with Crippen LogP contribution in [0.1, 0.15) is 42.8 Å². The molecule has 12 heteroatoms. The highest BCUT2D eigenvalue weighted by Gasteiger charge is 2.50. The minimum Gasteiger partial charge on any atom is -0.349 e. The summed E-state index contributed by atoms with van der Waals surface area (Å²) in [6.45, 7) is 5.22. The van der Waals surface area contributed by atoms with Crippen LogP contribution in [-0.4, -0.2) is 55.6 Å². The van der Waals surface area contributed by atoms with Crippen molar-refractivity contribution in [3.05, 3.63) is 51.7 Å². The van der Waals surface area contributed by atoms with Crippen LogP contribution in [-0.2, 0) is 20.3 Å². The summed E-state index contributed by atoms with van der Waals surface area (Å²) in [5.74, 6) is -1.90. The van der Waals surface area contributed by atoms with E-state index in [1.807, 2.05) is 30.4 Å². The van der Waals surface area contributed by atoms with Gasteiger partial charge in [0.2, 0.25) is 5.92 Å². The summed E-state index contributed by atoms with van der Waals surface area (Å²) in [6.07, 6.45) is -5.05. The summed E-state index contributed by atoms with van der Waals surface area (Å²) in [5.41, 5.74) is 0.698. The van der Waals surface area contributed by atoms with Gasteiger partial charge in [0.15, 0.2) is 5.82 Å². The standard InChI is InChI=1S/C25H29F5N6O/c1-14-13-35(9-10-36(14)21-19-22(33(3)15(2)31-19)34(4)23(37)32-21)20(17-11-24(26,27)12-17)16-5-7-18(8-6-16)25(28,29)30/h5-8,14,17,20H,9-13H2,1-4H3. The second-order valence-electron chi connectivity index (χ2n) is 10.3. The number of halogens is 5. The molecular weight excluding hydrogens is 495 g/mol. The summed E-state index contributed by atoms with van der Waals surface area (Å²) in [4.78, 5) is 25.7. The smallest absolute Gasteiger partial charge is 0.349 e. The highest BCUT2D eigenvalue weighted by Crippen LogP contribution is 2.51. The third-order valence-electron chi connectivity index (χ3n) is 7.78. The zero-order valence-electron chi connectivity index (χ0n) is 21.1. The molecule has 2 atom stereocenters. The Bertz CT molecular complexity index is 1370. The number of aromatic nitrogens is 4. The van der Waals surface area contributed by atoms with Crippen molar-refractivity contribution in [3.63, 3.8) is 0 Å². The maximum Gasteiger partial charge on any atom is 0.416 e. The second kappa shape index (κ2) is 8.78. The maximum absolute atomic E-state index is 13.8. The van der Waals surface area contributed by atoms with Gasteiger partial charge in [0.1, 0.15) is 17.0 Å². The molecule has 3 heterocycles. The van der Waals surface area contributed by atoms with Crippen LogP contribution in [0.4, 0.5) is 27.8 Å². The molecule has 0 spiro atoms. The predicted molar refractivity (Wildman–Crippen MR) is 129 cm³/mol. The lowest BCUT2D eigenvalue weighted by Crippen LogP contribution is -2.56. The molecule has 0 bridgehead atoms. The van der Waals surface area contributed by atoms with Crippen LogP contribution in [0.15, 0.2) is 29.1 Å². The van der Waals surface area contributed by atoms with Crippen LogP contribution in [0.2, 0.25) is 0 Å². The van der Waals surface area contributed by atoms with Crippen molar-refractivity contribution in [2.24, 2.45) is 20.0 Å². The van der Waals surface area contributed by atoms with Crippen molar-refractivity contribution < 1.29 is 22.0 Å². The number of hydrogen-bond acceptors (Lipinski definition) is 5. The van der Waals surface area contributed by atoms with Gasteiger partial charge in [-0.3, -0.25) is 9.47 Å². The topological polar surface area (TPSA) is 59.2 Å². The van der Waals surface area contributed by atoms with E-state index in [-0.39, 0.29) is 24.8 Å². The number of alkyl halides is 5. The third kappa shape index (κ3) is 4.49. The fraction of sp³-hybridized carbons (Fsp3) is 0.560. The van der Waals surface area contributed by atoms with E-state index in [1.165, 1.54) is 16.7 Å². The van der Waals surface area contributed by atoms with E-state index in [0.29, 0.717) is 42.2 Å². The van der Waals surface area contributed by atoms with Gasteiger partial charge in [-0.2, -0.15) is 18.2 Å². The molecule has 2 aromatic heterocycles. The van der Waals surface area contributed by atoms with Gasteiger partial charge in [0.05, 0.1) is 5.56 Å². The molecule has 0 N–H and O–H groups in total. The van der Waals surface area contributed by atoms with E-state index >= 15 is 0 Å². The van der Waals surface area contributed by atoms with Crippen molar-refractivity contribution in [3.8, 4) is 0 Å². The summed E-state index contributed by atoms with van der Waals surface area (Å²) in [7, 11) is 3.48. The number of fused-ring (bicyclic) bond motifs is 1. The van der Waals surface area contributed by atoms with Crippen molar-refractivity contribution in [2.75, 3.05) is 24.5 Å². The van der Waals surface area contributed by atoms with E-state index in [1.54, 1.807) is 7.05 Å². The minimum atomic E-state index is -4.47. The van der Waals surface area contributed by atoms with E-state index in [0.717, 1.165) is 18.0 Å². The highest BCUT2D eigenvalue weighted by atomic mass is 19.4. The molecule has 1 aliphatic heterocycles. The zero-order valence-corrected chi connectivity index (χ0v) is 21.1. The van der Waals surface area contributed by atoms with Gasteiger partial charge in [0, 0.05) is 58.7 Å². The van der Waals surface area contributed by atoms with E-state index < -0.39 is 29.4 Å². The normalized spacial score (nSPS) is 21.9. The van der Waals surface area contributed by atoms with Crippen molar-refractivity contribution in [2.45, 2.75) is 50.9 Å². The number of hydrogen-bond donors (Lipinski definition) is 0. The van der Waals surface area contributed by atoms with Gasteiger partial charge in [-0.05, 0) is 37.5 Å². The molecule has 37 heavy (non-hydrogen) atoms. The molecule has 2 aliphatic rings. The van der Waals surface area contributed by atoms with Gasteiger partial charge < -0.3 is 9.47 Å². The summed E-state index contributed by atoms with van der Waals surface area (Å²) in [5, 5.41) is 0. The van der Waals surface area contributed by atoms with E-state index in [2.05, 4.69) is 14.9 Å². The summed E-state index contributed by atoms with van der Waals surface area (Å²) >= 11 is 0. The Morgan fingerprint density at radius 2 is 1.68 bits per heavy atom. The number of imidazole rings is 1. The SMILES string of the molecule is Cc1nc2c(N3CCN(C(c4ccc(C(F)(F)F)cc4)C4CC(F)(F)C4)CC3C)nc(=O)n(C)c2n1C. The van der Waals surface area contributed by atoms with Gasteiger partial charge in [-0.25, -0.2) is 18.6 Å². The van der Waals surface area contributed by atoms with E-state index in [4.69, 9.17) is 0 Å². The van der Waals surface area contributed by atoms with Gasteiger partial charge in [-0.15, -0.1) is 0 Å². The Morgan fingerprint density at radius 3 is 2.24 bits per heavy atom. The van der Waals surface area contributed by atoms with Crippen LogP contribution in [0.3, 0.4) is 0 Å². The highest BCUT2D eigenvalue weighted by molar-refractivity contribution is 5.84. The van der Waals surface area contributed by atoms with Crippen LogP contribution in [0, 0.1) is 12.8 Å². The van der Waals surface area contributed by atoms with Crippen molar-refractivity contribution in [1.29, 1.82) is 0 Å². The fourth-order valence-corrected chi connectivity index (χ4v) is 5.78. The first-order valence-corrected chi connectivity index (χ1v) is 12.2. The number of anilines is 1. The Morgan fingerprint density at radius 1 is 1.03 bits per heavy atom. The van der Waals surface area contributed by atoms with Gasteiger partial charge >= 0.3 is 11.9 Å². The van der Waals surface area contributed by atoms with Crippen LogP contribution in [0.5, 0.6) is 0 Å². The molecule has 1 saturated carbocycles. The molecule has 3 aromatic rings. The Hall–Kier alpha value is -3.02. The molecule has 0 radical (unpaired) electrons. The molecule has 0 amide bonds. The van der Waals surface area contributed by atoms with E-state index in [9.17, 15) is 26.7 Å². The quantitative estimate of drug-likeness (QED) is 0.477. The maximum atomic E-state index is 13.8. The average molecular weight is 525 g/mol. The molecule has 1 saturated heterocycles. The molecule has 2 unspecified atom stereocenters. The zero-order chi connectivity index (χ0) is 26.9. The summed E-state index contributed by atoms with van der Waals surface area (Å²) < 4.78 is 70.3. The van der Waals surface area contributed by atoms with Crippen LogP contribution >= 0.6 is 0 Å². The third-order valence-corrected chi connectivity index (χ3v) is 7.78. The lowest BCUT2D eigenvalue weighted by atomic mass is 9.73. The van der Waals surface area contributed by atoms with Crippen molar-refractivity contribution >= 4 is 17.0 Å². The number of rotatable bonds is 4. The first kappa shape index (κ1) is 25.6. The Kier molecular flexibility index (Phi) is 6.08. The molecule has 5 rings (SSSR count). The lowest BCUT2D eigenvalue weighted by molar-refractivity contribution is -0.137. The number of nitrogens with zero attached hydrogens (tertiary/aromatic N) is 6. The van der Waals surface area contributed by atoms with Gasteiger partial charge in [0.25, 0.3) is 0 Å². The van der Waals surface area contributed by atoms with Crippen LogP contribution in [0.25, 0.3) is 11.2 Å². The molecule has 1 aromatic carbocycles. The lowest BCUT2D eigenvalue weighted by Gasteiger charge is -2.49. The Labute approximate surface area is 210 Å². The van der Waals surface area contributed by atoms with Crippen molar-refractivity contribution in [1.82, 2.24) is 24.0 Å². The molecule has 1 aliphatic carbocycles. The van der Waals surface area contributed by atoms with Crippen LogP contribution < -0.4 is 10.6 Å². The molecule has 2 fully saturated rings. The number of benzene rings is 1. The molecule has 7 nitrogen and oxygen atoms in total. The first-order chi connectivity index (χ1) is 17.3. The van der Waals surface area contributed by atoms with Gasteiger partial charge in [-0.1, -0.05) is 12.1 Å². The Balaban J connectivity index is 1.44. The first-order valence-electron chi connectivity index (χ1n) is 12.2.